The summed E-state index contributed by atoms with van der Waals surface area (Å²) in [6.07, 6.45) is 2.94. The maximum absolute atomic E-state index is 15.3. The van der Waals surface area contributed by atoms with Gasteiger partial charge in [0.25, 0.3) is 5.91 Å². The highest BCUT2D eigenvalue weighted by Gasteiger charge is 2.41. The van der Waals surface area contributed by atoms with Crippen LogP contribution in [0.25, 0.3) is 10.2 Å². The fourth-order valence-corrected chi connectivity index (χ4v) is 6.18. The minimum Gasteiger partial charge on any atom is -0.445 e. The molecule has 1 unspecified atom stereocenters. The fraction of sp³-hybridized carbons (Fsp3) is 0.385. The molecule has 0 radical (unpaired) electrons. The van der Waals surface area contributed by atoms with Crippen LogP contribution in [0.2, 0.25) is 0 Å². The minimum absolute atomic E-state index is 0.0702. The maximum Gasteiger partial charge on any atom is 0.407 e. The number of rotatable bonds is 5. The number of benzene rings is 1. The van der Waals surface area contributed by atoms with Gasteiger partial charge in [0, 0.05) is 42.0 Å². The van der Waals surface area contributed by atoms with Gasteiger partial charge in [0.15, 0.2) is 0 Å². The SMILES string of the molecule is Cc1ncc2scnc2c1C1CC(NC(=O)OCc2ccc3c(c2F)C(=O)N(C2CCC(=O)NC2=O)C3)C1. The lowest BCUT2D eigenvalue weighted by atomic mass is 9.75. The van der Waals surface area contributed by atoms with E-state index in [0.717, 1.165) is 34.3 Å². The summed E-state index contributed by atoms with van der Waals surface area (Å²) in [6.45, 7) is 1.70. The van der Waals surface area contributed by atoms with Crippen LogP contribution < -0.4 is 10.6 Å². The first kappa shape index (κ1) is 24.4. The van der Waals surface area contributed by atoms with Gasteiger partial charge in [-0.2, -0.15) is 0 Å². The third-order valence-electron chi connectivity index (χ3n) is 7.55. The molecule has 0 bridgehead atoms. The van der Waals surface area contributed by atoms with Crippen molar-refractivity contribution in [2.45, 2.75) is 63.8 Å². The van der Waals surface area contributed by atoms with E-state index < -0.39 is 29.8 Å². The van der Waals surface area contributed by atoms with E-state index in [1.165, 1.54) is 11.0 Å². The van der Waals surface area contributed by atoms with Crippen LogP contribution in [0.5, 0.6) is 0 Å². The van der Waals surface area contributed by atoms with Crippen LogP contribution in [0.4, 0.5) is 9.18 Å². The number of thiazole rings is 1. The number of imide groups is 1. The van der Waals surface area contributed by atoms with Crippen molar-refractivity contribution in [1.29, 1.82) is 0 Å². The van der Waals surface area contributed by atoms with E-state index in [1.807, 2.05) is 13.1 Å². The summed E-state index contributed by atoms with van der Waals surface area (Å²) < 4.78 is 21.6. The maximum atomic E-state index is 15.3. The molecule has 3 aromatic rings. The molecule has 2 aromatic heterocycles. The molecular formula is C26H24FN5O5S. The number of carbonyl (C=O) groups is 4. The minimum atomic E-state index is -0.828. The Balaban J connectivity index is 1.05. The number of carbonyl (C=O) groups excluding carboxylic acids is 4. The molecule has 10 nitrogen and oxygen atoms in total. The van der Waals surface area contributed by atoms with Crippen molar-refractivity contribution in [2.75, 3.05) is 0 Å². The van der Waals surface area contributed by atoms with Crippen LogP contribution in [0.1, 0.15) is 64.3 Å². The van der Waals surface area contributed by atoms with Gasteiger partial charge in [-0.25, -0.2) is 14.2 Å². The van der Waals surface area contributed by atoms with E-state index >= 15 is 4.39 Å². The highest BCUT2D eigenvalue weighted by molar-refractivity contribution is 7.16. The molecule has 12 heteroatoms. The molecule has 4 amide bonds. The number of nitrogens with one attached hydrogen (secondary N) is 2. The second-order valence-corrected chi connectivity index (χ2v) is 10.8. The molecule has 0 spiro atoms. The van der Waals surface area contributed by atoms with Crippen LogP contribution in [0.15, 0.2) is 23.8 Å². The van der Waals surface area contributed by atoms with Crippen LogP contribution in [0.3, 0.4) is 0 Å². The highest BCUT2D eigenvalue weighted by atomic mass is 32.1. The second kappa shape index (κ2) is 9.43. The van der Waals surface area contributed by atoms with Gasteiger partial charge in [-0.15, -0.1) is 11.3 Å². The number of piperidine rings is 1. The molecule has 2 N–H and O–H groups in total. The molecule has 2 aliphatic heterocycles. The number of halogens is 1. The Kier molecular flexibility index (Phi) is 6.05. The number of hydrogen-bond acceptors (Lipinski definition) is 8. The first-order valence-electron chi connectivity index (χ1n) is 12.4. The summed E-state index contributed by atoms with van der Waals surface area (Å²) >= 11 is 1.55. The van der Waals surface area contributed by atoms with Crippen molar-refractivity contribution in [3.8, 4) is 0 Å². The normalized spacial score (nSPS) is 22.7. The standard InChI is InChI=1S/C26H24FN5O5S/c1-12-20(23-18(8-28-12)38-11-29-23)15-6-16(7-15)30-26(36)37-10-14-3-2-13-9-32(25(35)21(13)22(14)27)17-4-5-19(33)31-24(17)34/h2-3,8,11,15-17H,4-7,9-10H2,1H3,(H,30,36)(H,31,33,34). The number of fused-ring (bicyclic) bond motifs is 2. The molecule has 6 rings (SSSR count). The molecule has 1 saturated carbocycles. The first-order valence-corrected chi connectivity index (χ1v) is 13.2. The number of pyridine rings is 1. The van der Waals surface area contributed by atoms with Crippen LogP contribution >= 0.6 is 11.3 Å². The van der Waals surface area contributed by atoms with E-state index in [1.54, 1.807) is 22.9 Å². The van der Waals surface area contributed by atoms with Crippen LogP contribution in [-0.2, 0) is 27.5 Å². The molecule has 2 fully saturated rings. The van der Waals surface area contributed by atoms with Gasteiger partial charge in [0.1, 0.15) is 18.5 Å². The van der Waals surface area contributed by atoms with Crippen LogP contribution in [-0.4, -0.2) is 50.8 Å². The predicted octanol–water partition coefficient (Wildman–Crippen LogP) is 3.07. The zero-order valence-electron chi connectivity index (χ0n) is 20.5. The number of nitrogens with zero attached hydrogens (tertiary/aromatic N) is 3. The van der Waals surface area contributed by atoms with Gasteiger partial charge in [0.05, 0.1) is 21.3 Å². The van der Waals surface area contributed by atoms with E-state index in [4.69, 9.17) is 4.74 Å². The van der Waals surface area contributed by atoms with Crippen LogP contribution in [0, 0.1) is 12.7 Å². The Morgan fingerprint density at radius 2 is 2.08 bits per heavy atom. The van der Waals surface area contributed by atoms with Crippen molar-refractivity contribution in [3.05, 3.63) is 57.6 Å². The molecular weight excluding hydrogens is 513 g/mol. The number of alkyl carbamates (subject to hydrolysis) is 1. The predicted molar refractivity (Wildman–Crippen MR) is 134 cm³/mol. The first-order chi connectivity index (χ1) is 18.3. The van der Waals surface area contributed by atoms with Crippen molar-refractivity contribution >= 4 is 45.4 Å². The molecule has 196 valence electrons. The molecule has 4 heterocycles. The van der Waals surface area contributed by atoms with Gasteiger partial charge >= 0.3 is 6.09 Å². The number of amides is 4. The molecule has 1 aliphatic carbocycles. The number of aryl methyl sites for hydroxylation is 1. The van der Waals surface area contributed by atoms with Gasteiger partial charge in [0.2, 0.25) is 11.8 Å². The summed E-state index contributed by atoms with van der Waals surface area (Å²) in [5.41, 5.74) is 5.22. The Bertz CT molecular complexity index is 1500. The molecule has 38 heavy (non-hydrogen) atoms. The highest BCUT2D eigenvalue weighted by Crippen LogP contribution is 2.41. The van der Waals surface area contributed by atoms with Gasteiger partial charge in [-0.05, 0) is 37.7 Å². The molecule has 3 aliphatic rings. The lowest BCUT2D eigenvalue weighted by molar-refractivity contribution is -0.136. The Labute approximate surface area is 220 Å². The quantitative estimate of drug-likeness (QED) is 0.479. The Hall–Kier alpha value is -3.93. The largest absolute Gasteiger partial charge is 0.445 e. The summed E-state index contributed by atoms with van der Waals surface area (Å²) in [4.78, 5) is 59.2. The van der Waals surface area contributed by atoms with E-state index in [-0.39, 0.29) is 55.0 Å². The molecule has 1 aromatic carbocycles. The third kappa shape index (κ3) is 4.18. The van der Waals surface area contributed by atoms with Gasteiger partial charge in [-0.1, -0.05) is 12.1 Å². The average molecular weight is 538 g/mol. The zero-order valence-corrected chi connectivity index (χ0v) is 21.3. The van der Waals surface area contributed by atoms with E-state index in [2.05, 4.69) is 20.6 Å². The number of ether oxygens (including phenoxy) is 1. The third-order valence-corrected chi connectivity index (χ3v) is 8.32. The van der Waals surface area contributed by atoms with Gasteiger partial charge in [-0.3, -0.25) is 24.7 Å². The number of hydrogen-bond donors (Lipinski definition) is 2. The summed E-state index contributed by atoms with van der Waals surface area (Å²) in [5, 5.41) is 5.04. The topological polar surface area (TPSA) is 131 Å². The average Bonchev–Trinajstić information content (AvgIpc) is 3.46. The molecule has 1 saturated heterocycles. The number of aromatic nitrogens is 2. The van der Waals surface area contributed by atoms with Crippen molar-refractivity contribution in [3.63, 3.8) is 0 Å². The fourth-order valence-electron chi connectivity index (χ4n) is 5.52. The lowest BCUT2D eigenvalue weighted by Crippen LogP contribution is -2.52. The Morgan fingerprint density at radius 3 is 2.87 bits per heavy atom. The summed E-state index contributed by atoms with van der Waals surface area (Å²) in [7, 11) is 0. The van der Waals surface area contributed by atoms with Crippen molar-refractivity contribution < 1.29 is 28.3 Å². The molecule has 1 atom stereocenters. The zero-order chi connectivity index (χ0) is 26.6. The summed E-state index contributed by atoms with van der Waals surface area (Å²) in [5.74, 6) is -2.08. The lowest BCUT2D eigenvalue weighted by Gasteiger charge is -2.36. The Morgan fingerprint density at radius 1 is 1.26 bits per heavy atom. The second-order valence-electron chi connectivity index (χ2n) is 9.88. The van der Waals surface area contributed by atoms with E-state index in [9.17, 15) is 19.2 Å². The monoisotopic (exact) mass is 537 g/mol. The van der Waals surface area contributed by atoms with Crippen molar-refractivity contribution in [1.82, 2.24) is 25.5 Å². The van der Waals surface area contributed by atoms with Crippen molar-refractivity contribution in [2.24, 2.45) is 0 Å². The summed E-state index contributed by atoms with van der Waals surface area (Å²) in [6, 6.07) is 2.18. The smallest absolute Gasteiger partial charge is 0.407 e. The van der Waals surface area contributed by atoms with E-state index in [0.29, 0.717) is 5.56 Å². The van der Waals surface area contributed by atoms with Gasteiger partial charge < -0.3 is 15.0 Å².